The molecule has 2 heterocycles. The number of carbonyl (C=O) groups excluding carboxylic acids is 1. The zero-order valence-corrected chi connectivity index (χ0v) is 19.8. The molecule has 0 saturated heterocycles. The number of aromatic nitrogens is 2. The maximum atomic E-state index is 12.8. The number of nitrogens with one attached hydrogen (secondary N) is 2. The van der Waals surface area contributed by atoms with Crippen LogP contribution in [0, 0.1) is 6.92 Å². The molecule has 2 aromatic carbocycles. The number of nitrogens with zero attached hydrogens (tertiary/aromatic N) is 3. The maximum Gasteiger partial charge on any atom is 0.267 e. The molecule has 0 spiro atoms. The number of carbonyl (C=O) groups is 1. The van der Waals surface area contributed by atoms with Crippen LogP contribution in [-0.4, -0.2) is 51.6 Å². The molecule has 1 aliphatic rings. The second kappa shape index (κ2) is 8.91. The van der Waals surface area contributed by atoms with Gasteiger partial charge in [0.15, 0.2) is 6.10 Å². The van der Waals surface area contributed by atoms with Crippen molar-refractivity contribution in [2.75, 3.05) is 27.1 Å². The predicted octanol–water partition coefficient (Wildman–Crippen LogP) is 1.75. The summed E-state index contributed by atoms with van der Waals surface area (Å²) in [6.07, 6.45) is 1.39. The van der Waals surface area contributed by atoms with Gasteiger partial charge in [-0.25, -0.2) is 31.5 Å². The van der Waals surface area contributed by atoms with Gasteiger partial charge < -0.3 is 10.1 Å². The molecule has 13 heteroatoms. The molecular weight excluding hydrogens is 482 g/mol. The maximum absolute atomic E-state index is 12.8. The molecule has 3 aromatic rings. The van der Waals surface area contributed by atoms with Crippen LogP contribution in [0.4, 0.5) is 17.3 Å². The fraction of sp³-hybridized carbons (Fsp3) is 0.190. The molecule has 0 radical (unpaired) electrons. The Balaban J connectivity index is 1.48. The number of aryl methyl sites for hydroxylation is 1. The van der Waals surface area contributed by atoms with E-state index in [4.69, 9.17) is 4.74 Å². The Hall–Kier alpha value is -3.71. The van der Waals surface area contributed by atoms with E-state index in [9.17, 15) is 21.6 Å². The molecule has 178 valence electrons. The number of para-hydroxylation sites is 2. The fourth-order valence-corrected chi connectivity index (χ4v) is 5.14. The molecule has 0 unspecified atom stereocenters. The molecule has 11 nitrogen and oxygen atoms in total. The summed E-state index contributed by atoms with van der Waals surface area (Å²) in [6, 6.07) is 13.6. The molecule has 1 atom stereocenters. The van der Waals surface area contributed by atoms with Gasteiger partial charge in [-0.2, -0.15) is 0 Å². The normalized spacial score (nSPS) is 15.7. The van der Waals surface area contributed by atoms with Gasteiger partial charge in [0, 0.05) is 17.6 Å². The van der Waals surface area contributed by atoms with E-state index in [-0.39, 0.29) is 23.1 Å². The number of anilines is 3. The fourth-order valence-electron chi connectivity index (χ4n) is 3.27. The summed E-state index contributed by atoms with van der Waals surface area (Å²) in [5, 5.41) is 2.62. The third kappa shape index (κ3) is 5.10. The average molecular weight is 504 g/mol. The zero-order valence-electron chi connectivity index (χ0n) is 18.2. The minimum absolute atomic E-state index is 0.0532. The van der Waals surface area contributed by atoms with Crippen LogP contribution in [0.3, 0.4) is 0 Å². The molecule has 0 fully saturated rings. The highest BCUT2D eigenvalue weighted by Gasteiger charge is 2.34. The van der Waals surface area contributed by atoms with Crippen LogP contribution >= 0.6 is 0 Å². The van der Waals surface area contributed by atoms with Crippen LogP contribution in [0.5, 0.6) is 5.75 Å². The second-order valence-electron chi connectivity index (χ2n) is 7.51. The van der Waals surface area contributed by atoms with Gasteiger partial charge in [-0.05, 0) is 49.4 Å². The number of hydrogen-bond donors (Lipinski definition) is 2. The van der Waals surface area contributed by atoms with Crippen LogP contribution in [0.15, 0.2) is 65.7 Å². The first-order valence-corrected chi connectivity index (χ1v) is 13.3. The molecule has 1 aromatic heterocycles. The van der Waals surface area contributed by atoms with E-state index in [2.05, 4.69) is 20.0 Å². The van der Waals surface area contributed by atoms with E-state index >= 15 is 0 Å². The Morgan fingerprint density at radius 1 is 1.06 bits per heavy atom. The summed E-state index contributed by atoms with van der Waals surface area (Å²) in [7, 11) is -7.58. The van der Waals surface area contributed by atoms with Gasteiger partial charge in [0.1, 0.15) is 5.75 Å². The molecular formula is C21H21N5O6S2. The van der Waals surface area contributed by atoms with Gasteiger partial charge in [0.25, 0.3) is 15.9 Å². The van der Waals surface area contributed by atoms with E-state index in [0.717, 1.165) is 10.6 Å². The van der Waals surface area contributed by atoms with Crippen molar-refractivity contribution in [1.82, 2.24) is 9.97 Å². The van der Waals surface area contributed by atoms with Gasteiger partial charge in [-0.1, -0.05) is 12.1 Å². The minimum Gasteiger partial charge on any atom is -0.476 e. The van der Waals surface area contributed by atoms with Gasteiger partial charge >= 0.3 is 0 Å². The summed E-state index contributed by atoms with van der Waals surface area (Å²) < 4.78 is 58.7. The SMILES string of the molecule is Cc1ccnc(NS(=O)(=O)c2ccc(NC(=O)[C@H]3CN(S(C)(=O)=O)c4ccccc4O3)cc2)n1. The van der Waals surface area contributed by atoms with Crippen molar-refractivity contribution < 1.29 is 26.4 Å². The highest BCUT2D eigenvalue weighted by molar-refractivity contribution is 7.92. The first kappa shape index (κ1) is 23.4. The Bertz CT molecular complexity index is 1440. The molecule has 0 bridgehead atoms. The van der Waals surface area contributed by atoms with Gasteiger partial charge in [-0.3, -0.25) is 9.10 Å². The van der Waals surface area contributed by atoms with Crippen LogP contribution in [0.25, 0.3) is 0 Å². The monoisotopic (exact) mass is 503 g/mol. The number of fused-ring (bicyclic) bond motifs is 1. The number of sulfonamides is 2. The van der Waals surface area contributed by atoms with Crippen molar-refractivity contribution in [2.45, 2.75) is 17.9 Å². The Kier molecular flexibility index (Phi) is 6.15. The predicted molar refractivity (Wildman–Crippen MR) is 126 cm³/mol. The summed E-state index contributed by atoms with van der Waals surface area (Å²) in [5.74, 6) is -0.363. The molecule has 34 heavy (non-hydrogen) atoms. The Morgan fingerprint density at radius 3 is 2.44 bits per heavy atom. The van der Waals surface area contributed by atoms with E-state index < -0.39 is 32.1 Å². The summed E-state index contributed by atoms with van der Waals surface area (Å²) in [6.45, 7) is 1.51. The van der Waals surface area contributed by atoms with E-state index in [1.807, 2.05) is 0 Å². The molecule has 0 aliphatic carbocycles. The third-order valence-electron chi connectivity index (χ3n) is 4.88. The molecule has 0 saturated carbocycles. The number of amides is 1. The van der Waals surface area contributed by atoms with E-state index in [0.29, 0.717) is 17.1 Å². The smallest absolute Gasteiger partial charge is 0.267 e. The summed E-state index contributed by atoms with van der Waals surface area (Å²) >= 11 is 0. The number of benzene rings is 2. The third-order valence-corrected chi connectivity index (χ3v) is 7.37. The summed E-state index contributed by atoms with van der Waals surface area (Å²) in [4.78, 5) is 20.6. The highest BCUT2D eigenvalue weighted by Crippen LogP contribution is 2.34. The quantitative estimate of drug-likeness (QED) is 0.517. The lowest BCUT2D eigenvalue weighted by atomic mass is 10.2. The number of rotatable bonds is 6. The second-order valence-corrected chi connectivity index (χ2v) is 11.1. The molecule has 2 N–H and O–H groups in total. The Morgan fingerprint density at radius 2 is 1.76 bits per heavy atom. The van der Waals surface area contributed by atoms with Crippen LogP contribution in [0.2, 0.25) is 0 Å². The zero-order chi connectivity index (χ0) is 24.5. The van der Waals surface area contributed by atoms with E-state index in [1.165, 1.54) is 30.5 Å². The average Bonchev–Trinajstić information content (AvgIpc) is 2.77. The molecule has 4 rings (SSSR count). The van der Waals surface area contributed by atoms with Crippen molar-refractivity contribution in [2.24, 2.45) is 0 Å². The van der Waals surface area contributed by atoms with Crippen molar-refractivity contribution >= 4 is 43.3 Å². The van der Waals surface area contributed by atoms with Crippen molar-refractivity contribution in [3.05, 3.63) is 66.5 Å². The summed E-state index contributed by atoms with van der Waals surface area (Å²) in [5.41, 5.74) is 1.27. The van der Waals surface area contributed by atoms with Crippen LogP contribution in [-0.2, 0) is 24.8 Å². The van der Waals surface area contributed by atoms with Gasteiger partial charge in [0.2, 0.25) is 16.0 Å². The lowest BCUT2D eigenvalue weighted by Gasteiger charge is -2.33. The van der Waals surface area contributed by atoms with Crippen molar-refractivity contribution in [3.8, 4) is 5.75 Å². The lowest BCUT2D eigenvalue weighted by molar-refractivity contribution is -0.122. The van der Waals surface area contributed by atoms with E-state index in [1.54, 1.807) is 37.3 Å². The molecule has 1 amide bonds. The van der Waals surface area contributed by atoms with Crippen LogP contribution < -0.4 is 19.1 Å². The largest absolute Gasteiger partial charge is 0.476 e. The first-order chi connectivity index (χ1) is 16.0. The van der Waals surface area contributed by atoms with Crippen molar-refractivity contribution in [3.63, 3.8) is 0 Å². The number of hydrogen-bond acceptors (Lipinski definition) is 8. The first-order valence-electron chi connectivity index (χ1n) is 10.00. The topological polar surface area (TPSA) is 148 Å². The standard InChI is InChI=1S/C21H21N5O6S2/c1-14-11-12-22-21(23-14)25-34(30,31)16-9-7-15(8-10-16)24-20(27)19-13-26(33(2,28)29)17-5-3-4-6-18(17)32-19/h3-12,19H,13H2,1-2H3,(H,24,27)(H,22,23,25)/t19-/m1/s1. The number of ether oxygens (including phenoxy) is 1. The van der Waals surface area contributed by atoms with Gasteiger partial charge in [0.05, 0.1) is 23.4 Å². The van der Waals surface area contributed by atoms with Crippen LogP contribution in [0.1, 0.15) is 5.69 Å². The lowest BCUT2D eigenvalue weighted by Crippen LogP contribution is -2.48. The minimum atomic E-state index is -3.94. The Labute approximate surface area is 196 Å². The van der Waals surface area contributed by atoms with Gasteiger partial charge in [-0.15, -0.1) is 0 Å². The molecule has 1 aliphatic heterocycles. The highest BCUT2D eigenvalue weighted by atomic mass is 32.2. The van der Waals surface area contributed by atoms with Crippen molar-refractivity contribution in [1.29, 1.82) is 0 Å².